The summed E-state index contributed by atoms with van der Waals surface area (Å²) in [6.07, 6.45) is 2.82. The molecule has 0 aromatic heterocycles. The lowest BCUT2D eigenvalue weighted by molar-refractivity contribution is -0.142. The molecule has 1 aromatic carbocycles. The van der Waals surface area contributed by atoms with Crippen LogP contribution in [0.2, 0.25) is 0 Å². The SMILES string of the molecule is C/C=C/C(=O)OCC(=O)Nc1ccc(I)cc1. The Balaban J connectivity index is 2.39. The number of anilines is 1. The molecule has 1 rings (SSSR count). The quantitative estimate of drug-likeness (QED) is 0.518. The lowest BCUT2D eigenvalue weighted by atomic mass is 10.3. The largest absolute Gasteiger partial charge is 0.452 e. The van der Waals surface area contributed by atoms with E-state index in [0.29, 0.717) is 5.69 Å². The molecule has 1 amide bonds. The second kappa shape index (κ2) is 7.05. The average Bonchev–Trinajstić information content (AvgIpc) is 2.30. The van der Waals surface area contributed by atoms with E-state index < -0.39 is 5.97 Å². The molecule has 0 saturated heterocycles. The number of ether oxygens (including phenoxy) is 1. The van der Waals surface area contributed by atoms with Crippen LogP contribution < -0.4 is 5.32 Å². The predicted octanol–water partition coefficient (Wildman–Crippen LogP) is 2.35. The van der Waals surface area contributed by atoms with E-state index in [2.05, 4.69) is 27.9 Å². The van der Waals surface area contributed by atoms with Crippen molar-refractivity contribution in [2.45, 2.75) is 6.92 Å². The zero-order chi connectivity index (χ0) is 12.7. The number of amides is 1. The monoisotopic (exact) mass is 345 g/mol. The first-order chi connectivity index (χ1) is 8.11. The van der Waals surface area contributed by atoms with E-state index >= 15 is 0 Å². The van der Waals surface area contributed by atoms with Gasteiger partial charge in [-0.25, -0.2) is 4.79 Å². The normalized spacial score (nSPS) is 10.2. The first kappa shape index (κ1) is 13.7. The Morgan fingerprint density at radius 3 is 2.59 bits per heavy atom. The maximum atomic E-state index is 11.4. The van der Waals surface area contributed by atoms with E-state index in [1.807, 2.05) is 12.1 Å². The summed E-state index contributed by atoms with van der Waals surface area (Å²) in [6.45, 7) is 1.42. The van der Waals surface area contributed by atoms with Gasteiger partial charge in [-0.05, 0) is 53.8 Å². The highest BCUT2D eigenvalue weighted by Crippen LogP contribution is 2.10. The fourth-order valence-corrected chi connectivity index (χ4v) is 1.41. The van der Waals surface area contributed by atoms with E-state index in [-0.39, 0.29) is 12.5 Å². The van der Waals surface area contributed by atoms with Crippen LogP contribution in [-0.2, 0) is 14.3 Å². The van der Waals surface area contributed by atoms with Gasteiger partial charge in [0.2, 0.25) is 0 Å². The number of esters is 1. The van der Waals surface area contributed by atoms with E-state index in [9.17, 15) is 9.59 Å². The molecule has 0 atom stereocenters. The third-order valence-corrected chi connectivity index (χ3v) is 2.50. The third-order valence-electron chi connectivity index (χ3n) is 1.78. The lowest BCUT2D eigenvalue weighted by Gasteiger charge is -2.05. The highest BCUT2D eigenvalue weighted by molar-refractivity contribution is 14.1. The van der Waals surface area contributed by atoms with Gasteiger partial charge in [-0.1, -0.05) is 6.08 Å². The van der Waals surface area contributed by atoms with Crippen molar-refractivity contribution < 1.29 is 14.3 Å². The summed E-state index contributed by atoms with van der Waals surface area (Å²) in [5, 5.41) is 2.62. The average molecular weight is 345 g/mol. The van der Waals surface area contributed by atoms with Crippen LogP contribution in [0.25, 0.3) is 0 Å². The first-order valence-electron chi connectivity index (χ1n) is 4.96. The number of carbonyl (C=O) groups is 2. The molecule has 4 nitrogen and oxygen atoms in total. The molecule has 90 valence electrons. The van der Waals surface area contributed by atoms with Crippen LogP contribution in [-0.4, -0.2) is 18.5 Å². The Morgan fingerprint density at radius 2 is 2.00 bits per heavy atom. The van der Waals surface area contributed by atoms with Gasteiger partial charge in [-0.2, -0.15) is 0 Å². The molecule has 1 aromatic rings. The Bertz CT molecular complexity index is 426. The molecule has 0 aliphatic carbocycles. The Labute approximate surface area is 113 Å². The number of carbonyl (C=O) groups excluding carboxylic acids is 2. The second-order valence-electron chi connectivity index (χ2n) is 3.16. The van der Waals surface area contributed by atoms with Gasteiger partial charge >= 0.3 is 5.97 Å². The maximum Gasteiger partial charge on any atom is 0.330 e. The number of hydrogen-bond donors (Lipinski definition) is 1. The van der Waals surface area contributed by atoms with Crippen molar-refractivity contribution in [3.63, 3.8) is 0 Å². The summed E-state index contributed by atoms with van der Waals surface area (Å²) in [5.74, 6) is -0.880. The molecule has 0 bridgehead atoms. The van der Waals surface area contributed by atoms with Crippen molar-refractivity contribution in [1.29, 1.82) is 0 Å². The minimum Gasteiger partial charge on any atom is -0.452 e. The molecule has 0 spiro atoms. The third kappa shape index (κ3) is 5.48. The van der Waals surface area contributed by atoms with Crippen molar-refractivity contribution in [3.05, 3.63) is 40.0 Å². The van der Waals surface area contributed by atoms with Gasteiger partial charge in [-0.3, -0.25) is 4.79 Å². The van der Waals surface area contributed by atoms with Crippen LogP contribution in [0.5, 0.6) is 0 Å². The van der Waals surface area contributed by atoms with E-state index in [1.165, 1.54) is 6.08 Å². The van der Waals surface area contributed by atoms with Crippen molar-refractivity contribution in [2.75, 3.05) is 11.9 Å². The second-order valence-corrected chi connectivity index (χ2v) is 4.41. The standard InChI is InChI=1S/C12H12INO3/c1-2-3-12(16)17-8-11(15)14-10-6-4-9(13)5-7-10/h2-7H,8H2,1H3,(H,14,15)/b3-2+. The van der Waals surface area contributed by atoms with Crippen LogP contribution in [0.3, 0.4) is 0 Å². The molecule has 0 aliphatic heterocycles. The summed E-state index contributed by atoms with van der Waals surface area (Å²) in [5.41, 5.74) is 0.678. The molecule has 0 unspecified atom stereocenters. The summed E-state index contributed by atoms with van der Waals surface area (Å²) in [6, 6.07) is 7.32. The predicted molar refractivity (Wildman–Crippen MR) is 73.6 cm³/mol. The highest BCUT2D eigenvalue weighted by Gasteiger charge is 2.05. The summed E-state index contributed by atoms with van der Waals surface area (Å²) in [7, 11) is 0. The number of benzene rings is 1. The van der Waals surface area contributed by atoms with Gasteiger partial charge in [-0.15, -0.1) is 0 Å². The Kier molecular flexibility index (Phi) is 5.68. The Hall–Kier alpha value is -1.37. The van der Waals surface area contributed by atoms with Gasteiger partial charge in [0.15, 0.2) is 6.61 Å². The fourth-order valence-electron chi connectivity index (χ4n) is 1.05. The van der Waals surface area contributed by atoms with Gasteiger partial charge in [0, 0.05) is 15.3 Å². The molecule has 0 saturated carbocycles. The zero-order valence-electron chi connectivity index (χ0n) is 9.27. The molecule has 0 heterocycles. The van der Waals surface area contributed by atoms with Crippen LogP contribution in [0.15, 0.2) is 36.4 Å². The fraction of sp³-hybridized carbons (Fsp3) is 0.167. The zero-order valence-corrected chi connectivity index (χ0v) is 11.4. The summed E-state index contributed by atoms with van der Waals surface area (Å²) < 4.78 is 5.78. The lowest BCUT2D eigenvalue weighted by Crippen LogP contribution is -2.20. The minimum atomic E-state index is -0.523. The molecule has 0 aliphatic rings. The Morgan fingerprint density at radius 1 is 1.35 bits per heavy atom. The first-order valence-corrected chi connectivity index (χ1v) is 6.04. The molecule has 17 heavy (non-hydrogen) atoms. The summed E-state index contributed by atoms with van der Waals surface area (Å²) in [4.78, 5) is 22.3. The molecular formula is C12H12INO3. The van der Waals surface area contributed by atoms with Crippen LogP contribution in [0.1, 0.15) is 6.92 Å². The molecule has 0 radical (unpaired) electrons. The van der Waals surface area contributed by atoms with Crippen molar-refractivity contribution in [2.24, 2.45) is 0 Å². The number of nitrogens with one attached hydrogen (secondary N) is 1. The van der Waals surface area contributed by atoms with Gasteiger partial charge in [0.25, 0.3) is 5.91 Å². The molecule has 5 heteroatoms. The van der Waals surface area contributed by atoms with Crippen LogP contribution in [0.4, 0.5) is 5.69 Å². The highest BCUT2D eigenvalue weighted by atomic mass is 127. The molecule has 0 fully saturated rings. The topological polar surface area (TPSA) is 55.4 Å². The van der Waals surface area contributed by atoms with Crippen LogP contribution >= 0.6 is 22.6 Å². The van der Waals surface area contributed by atoms with Gasteiger partial charge < -0.3 is 10.1 Å². The van der Waals surface area contributed by atoms with E-state index in [1.54, 1.807) is 25.1 Å². The van der Waals surface area contributed by atoms with Gasteiger partial charge in [0.1, 0.15) is 0 Å². The van der Waals surface area contributed by atoms with Crippen LogP contribution in [0, 0.1) is 3.57 Å². The number of halogens is 1. The van der Waals surface area contributed by atoms with Gasteiger partial charge in [0.05, 0.1) is 0 Å². The van der Waals surface area contributed by atoms with Crippen molar-refractivity contribution in [3.8, 4) is 0 Å². The van der Waals surface area contributed by atoms with E-state index in [0.717, 1.165) is 3.57 Å². The van der Waals surface area contributed by atoms with Crippen molar-refractivity contribution in [1.82, 2.24) is 0 Å². The smallest absolute Gasteiger partial charge is 0.330 e. The number of allylic oxidation sites excluding steroid dienone is 1. The molecular weight excluding hydrogens is 333 g/mol. The van der Waals surface area contributed by atoms with E-state index in [4.69, 9.17) is 4.74 Å². The van der Waals surface area contributed by atoms with Crippen molar-refractivity contribution >= 4 is 40.2 Å². The maximum absolute atomic E-state index is 11.4. The number of rotatable bonds is 4. The number of hydrogen-bond acceptors (Lipinski definition) is 3. The summed E-state index contributed by atoms with van der Waals surface area (Å²) >= 11 is 2.17. The minimum absolute atomic E-state index is 0.283. The molecule has 1 N–H and O–H groups in total.